The number of alkyl halides is 1. The van der Waals surface area contributed by atoms with Crippen LogP contribution in [0.3, 0.4) is 0 Å². The number of hydrogen-bond acceptors (Lipinski definition) is 4. The van der Waals surface area contributed by atoms with Crippen molar-refractivity contribution in [2.75, 3.05) is 24.6 Å². The zero-order valence-corrected chi connectivity index (χ0v) is 24.8. The number of benzene rings is 3. The molecule has 0 bridgehead atoms. The Bertz CT molecular complexity index is 1400. The number of nitrogens with one attached hydrogen (secondary N) is 1. The van der Waals surface area contributed by atoms with Gasteiger partial charge in [0.1, 0.15) is 18.0 Å². The van der Waals surface area contributed by atoms with Crippen molar-refractivity contribution in [3.63, 3.8) is 0 Å². The van der Waals surface area contributed by atoms with Crippen LogP contribution in [0.1, 0.15) is 24.5 Å². The monoisotopic (exact) mass is 657 g/mol. The summed E-state index contributed by atoms with van der Waals surface area (Å²) >= 11 is 2.29. The molecule has 3 atom stereocenters. The Morgan fingerprint density at radius 2 is 1.80 bits per heavy atom. The predicted molar refractivity (Wildman–Crippen MR) is 160 cm³/mol. The Morgan fingerprint density at radius 1 is 1.07 bits per heavy atom. The summed E-state index contributed by atoms with van der Waals surface area (Å²) in [5.74, 6) is -0.687. The number of piperazine rings is 1. The SMILES string of the molecule is CC(CCI)[C@H]1C(=O)N(Cc2cccc3ccccc23)C[C@H]2N1C(=O)CN(C)N2C(=O)NCc1ccc(F)cc1. The first-order chi connectivity index (χ1) is 19.3. The molecule has 210 valence electrons. The molecule has 3 aromatic rings. The number of likely N-dealkylation sites (N-methyl/N-ethyl adjacent to an activating group) is 1. The predicted octanol–water partition coefficient (Wildman–Crippen LogP) is 4.38. The molecule has 2 aliphatic rings. The van der Waals surface area contributed by atoms with Crippen molar-refractivity contribution < 1.29 is 18.8 Å². The van der Waals surface area contributed by atoms with Crippen LogP contribution in [0.15, 0.2) is 66.7 Å². The zero-order chi connectivity index (χ0) is 28.4. The first-order valence-corrected chi connectivity index (χ1v) is 15.0. The summed E-state index contributed by atoms with van der Waals surface area (Å²) in [4.78, 5) is 44.5. The molecule has 0 radical (unpaired) electrons. The molecule has 8 nitrogen and oxygen atoms in total. The summed E-state index contributed by atoms with van der Waals surface area (Å²) in [6.45, 7) is 2.77. The molecule has 3 aromatic carbocycles. The van der Waals surface area contributed by atoms with Gasteiger partial charge in [0.15, 0.2) is 0 Å². The number of nitrogens with zero attached hydrogens (tertiary/aromatic N) is 4. The molecule has 2 fully saturated rings. The van der Waals surface area contributed by atoms with E-state index < -0.39 is 12.2 Å². The van der Waals surface area contributed by atoms with Crippen molar-refractivity contribution >= 4 is 51.2 Å². The number of amides is 4. The lowest BCUT2D eigenvalue weighted by Crippen LogP contribution is -2.76. The van der Waals surface area contributed by atoms with Gasteiger partial charge >= 0.3 is 6.03 Å². The van der Waals surface area contributed by atoms with Gasteiger partial charge < -0.3 is 15.1 Å². The van der Waals surface area contributed by atoms with Gasteiger partial charge in [-0.3, -0.25) is 9.59 Å². The molecule has 0 spiro atoms. The summed E-state index contributed by atoms with van der Waals surface area (Å²) in [7, 11) is 1.71. The van der Waals surface area contributed by atoms with E-state index in [-0.39, 0.29) is 49.2 Å². The lowest BCUT2D eigenvalue weighted by atomic mass is 9.92. The van der Waals surface area contributed by atoms with Crippen LogP contribution in [0.25, 0.3) is 10.8 Å². The number of hydrogen-bond donors (Lipinski definition) is 1. The van der Waals surface area contributed by atoms with Crippen LogP contribution in [-0.2, 0) is 22.7 Å². The van der Waals surface area contributed by atoms with E-state index in [1.807, 2.05) is 43.3 Å². The Labute approximate surface area is 247 Å². The molecule has 2 aliphatic heterocycles. The van der Waals surface area contributed by atoms with Crippen molar-refractivity contribution in [2.24, 2.45) is 5.92 Å². The Kier molecular flexibility index (Phi) is 8.55. The maximum atomic E-state index is 14.0. The molecule has 0 aromatic heterocycles. The Morgan fingerprint density at radius 3 is 2.55 bits per heavy atom. The number of halogens is 2. The highest BCUT2D eigenvalue weighted by atomic mass is 127. The molecule has 1 N–H and O–H groups in total. The third kappa shape index (κ3) is 5.64. The van der Waals surface area contributed by atoms with E-state index >= 15 is 0 Å². The third-order valence-electron chi connectivity index (χ3n) is 7.78. The van der Waals surface area contributed by atoms with Gasteiger partial charge in [0.2, 0.25) is 11.8 Å². The van der Waals surface area contributed by atoms with Crippen molar-refractivity contribution in [2.45, 2.75) is 38.6 Å². The van der Waals surface area contributed by atoms with Gasteiger partial charge in [0.05, 0.1) is 13.1 Å². The van der Waals surface area contributed by atoms with Gasteiger partial charge in [-0.05, 0) is 50.8 Å². The fourth-order valence-corrected chi connectivity index (χ4v) is 6.72. The molecule has 5 rings (SSSR count). The smallest absolute Gasteiger partial charge is 0.333 e. The van der Waals surface area contributed by atoms with Crippen molar-refractivity contribution in [3.05, 3.63) is 83.7 Å². The number of carbonyl (C=O) groups is 3. The van der Waals surface area contributed by atoms with E-state index in [1.54, 1.807) is 39.0 Å². The zero-order valence-electron chi connectivity index (χ0n) is 22.6. The second kappa shape index (κ2) is 12.1. The van der Waals surface area contributed by atoms with Gasteiger partial charge in [-0.2, -0.15) is 0 Å². The van der Waals surface area contributed by atoms with Gasteiger partial charge in [-0.15, -0.1) is 0 Å². The molecule has 0 aliphatic carbocycles. The van der Waals surface area contributed by atoms with E-state index in [1.165, 1.54) is 12.1 Å². The highest BCUT2D eigenvalue weighted by Crippen LogP contribution is 2.32. The van der Waals surface area contributed by atoms with Crippen LogP contribution in [0.5, 0.6) is 0 Å². The van der Waals surface area contributed by atoms with E-state index in [9.17, 15) is 18.8 Å². The van der Waals surface area contributed by atoms with Gasteiger partial charge in [-0.1, -0.05) is 84.1 Å². The Hall–Kier alpha value is -3.25. The summed E-state index contributed by atoms with van der Waals surface area (Å²) in [5, 5.41) is 8.25. The average molecular weight is 658 g/mol. The van der Waals surface area contributed by atoms with Crippen LogP contribution in [0.4, 0.5) is 9.18 Å². The van der Waals surface area contributed by atoms with E-state index in [0.29, 0.717) is 6.54 Å². The Balaban J connectivity index is 1.46. The van der Waals surface area contributed by atoms with Crippen LogP contribution < -0.4 is 5.32 Å². The quantitative estimate of drug-likeness (QED) is 0.303. The molecule has 40 heavy (non-hydrogen) atoms. The lowest BCUT2D eigenvalue weighted by Gasteiger charge is -2.55. The molecular formula is C30H33FIN5O3. The number of rotatable bonds is 7. The van der Waals surface area contributed by atoms with Crippen molar-refractivity contribution in [3.8, 4) is 0 Å². The first-order valence-electron chi connectivity index (χ1n) is 13.4. The van der Waals surface area contributed by atoms with Gasteiger partial charge in [-0.25, -0.2) is 19.2 Å². The fourth-order valence-electron chi connectivity index (χ4n) is 5.74. The number of fused-ring (bicyclic) bond motifs is 2. The molecule has 10 heteroatoms. The van der Waals surface area contributed by atoms with Crippen LogP contribution in [-0.4, -0.2) is 74.4 Å². The van der Waals surface area contributed by atoms with Crippen LogP contribution >= 0.6 is 22.6 Å². The number of hydrazine groups is 1. The second-order valence-electron chi connectivity index (χ2n) is 10.5. The standard InChI is InChI=1S/C30H33FIN5O3/c1-20(14-15-32)28-29(39)35(17-23-8-5-7-22-6-3-4-9-25(22)23)18-26-36(28)27(38)19-34(2)37(26)30(40)33-16-21-10-12-24(31)13-11-21/h3-13,20,26,28H,14-19H2,1-2H3,(H,33,40)/t20?,26-,28-/m0/s1. The maximum Gasteiger partial charge on any atom is 0.334 e. The minimum atomic E-state index is -0.669. The highest BCUT2D eigenvalue weighted by molar-refractivity contribution is 14.1. The molecule has 2 saturated heterocycles. The third-order valence-corrected chi connectivity index (χ3v) is 8.40. The van der Waals surface area contributed by atoms with Gasteiger partial charge in [0, 0.05) is 20.1 Å². The summed E-state index contributed by atoms with van der Waals surface area (Å²) in [6, 6.07) is 19.0. The largest absolute Gasteiger partial charge is 0.334 e. The highest BCUT2D eigenvalue weighted by Gasteiger charge is 2.52. The van der Waals surface area contributed by atoms with E-state index in [4.69, 9.17) is 0 Å². The minimum Gasteiger partial charge on any atom is -0.333 e. The molecular weight excluding hydrogens is 624 g/mol. The molecule has 1 unspecified atom stereocenters. The van der Waals surface area contributed by atoms with E-state index in [2.05, 4.69) is 34.0 Å². The van der Waals surface area contributed by atoms with E-state index in [0.717, 1.165) is 32.7 Å². The topological polar surface area (TPSA) is 76.2 Å². The summed E-state index contributed by atoms with van der Waals surface area (Å²) < 4.78 is 14.2. The number of carbonyl (C=O) groups excluding carboxylic acids is 3. The van der Waals surface area contributed by atoms with Gasteiger partial charge in [0.25, 0.3) is 0 Å². The molecule has 0 saturated carbocycles. The lowest BCUT2D eigenvalue weighted by molar-refractivity contribution is -0.190. The summed E-state index contributed by atoms with van der Waals surface area (Å²) in [5.41, 5.74) is 1.77. The molecule has 4 amide bonds. The molecule has 2 heterocycles. The second-order valence-corrected chi connectivity index (χ2v) is 11.6. The van der Waals surface area contributed by atoms with Crippen LogP contribution in [0.2, 0.25) is 0 Å². The minimum absolute atomic E-state index is 0.00940. The maximum absolute atomic E-state index is 14.0. The summed E-state index contributed by atoms with van der Waals surface area (Å²) in [6.07, 6.45) is 0.108. The van der Waals surface area contributed by atoms with Crippen molar-refractivity contribution in [1.29, 1.82) is 0 Å². The fraction of sp³-hybridized carbons (Fsp3) is 0.367. The first kappa shape index (κ1) is 28.3. The van der Waals surface area contributed by atoms with Crippen LogP contribution in [0, 0.1) is 11.7 Å². The normalized spacial score (nSPS) is 20.6. The average Bonchev–Trinajstić information content (AvgIpc) is 2.94. The van der Waals surface area contributed by atoms with Crippen molar-refractivity contribution in [1.82, 2.24) is 25.1 Å². The number of urea groups is 1.